The second-order valence-electron chi connectivity index (χ2n) is 6.33. The second kappa shape index (κ2) is 6.36. The highest BCUT2D eigenvalue weighted by molar-refractivity contribution is 4.82. The van der Waals surface area contributed by atoms with E-state index in [1.807, 2.05) is 0 Å². The van der Waals surface area contributed by atoms with E-state index < -0.39 is 0 Å². The van der Waals surface area contributed by atoms with E-state index in [1.54, 1.807) is 0 Å². The largest absolute Gasteiger partial charge is 0.381 e. The van der Waals surface area contributed by atoms with Crippen LogP contribution in [-0.4, -0.2) is 61.8 Å². The molecule has 0 atom stereocenters. The van der Waals surface area contributed by atoms with Crippen LogP contribution in [0.1, 0.15) is 38.5 Å². The van der Waals surface area contributed by atoms with E-state index in [4.69, 9.17) is 4.74 Å². The van der Waals surface area contributed by atoms with Gasteiger partial charge in [0.05, 0.1) is 0 Å². The first-order valence-electron chi connectivity index (χ1n) is 7.96. The summed E-state index contributed by atoms with van der Waals surface area (Å²) in [5, 5.41) is 0. The van der Waals surface area contributed by atoms with E-state index in [9.17, 15) is 0 Å². The highest BCUT2D eigenvalue weighted by Crippen LogP contribution is 2.24. The van der Waals surface area contributed by atoms with Crippen molar-refractivity contribution in [2.45, 2.75) is 44.6 Å². The average molecular weight is 252 g/mol. The second-order valence-corrected chi connectivity index (χ2v) is 6.33. The number of piperidine rings is 1. The summed E-state index contributed by atoms with van der Waals surface area (Å²) >= 11 is 0. The zero-order chi connectivity index (χ0) is 12.2. The molecule has 3 aliphatic heterocycles. The van der Waals surface area contributed by atoms with Gasteiger partial charge >= 0.3 is 0 Å². The number of nitrogens with zero attached hydrogens (tertiary/aromatic N) is 2. The van der Waals surface area contributed by atoms with Gasteiger partial charge in [-0.2, -0.15) is 0 Å². The average Bonchev–Trinajstić information content (AvgIpc) is 2.94. The molecule has 3 aliphatic rings. The summed E-state index contributed by atoms with van der Waals surface area (Å²) in [4.78, 5) is 5.43. The zero-order valence-electron chi connectivity index (χ0n) is 11.6. The van der Waals surface area contributed by atoms with Crippen LogP contribution in [0.2, 0.25) is 0 Å². The Labute approximate surface area is 111 Å². The van der Waals surface area contributed by atoms with E-state index in [-0.39, 0.29) is 0 Å². The van der Waals surface area contributed by atoms with Gasteiger partial charge in [0, 0.05) is 25.8 Å². The molecule has 0 unspecified atom stereocenters. The number of ether oxygens (including phenoxy) is 1. The molecule has 0 amide bonds. The minimum atomic E-state index is 0.825. The minimum absolute atomic E-state index is 0.825. The molecule has 0 radical (unpaired) electrons. The van der Waals surface area contributed by atoms with Crippen molar-refractivity contribution in [2.75, 3.05) is 45.9 Å². The van der Waals surface area contributed by atoms with Crippen LogP contribution in [0.3, 0.4) is 0 Å². The van der Waals surface area contributed by atoms with Gasteiger partial charge in [0.2, 0.25) is 0 Å². The van der Waals surface area contributed by atoms with Gasteiger partial charge in [0.25, 0.3) is 0 Å². The van der Waals surface area contributed by atoms with Gasteiger partial charge in [0.15, 0.2) is 0 Å². The molecule has 3 heteroatoms. The summed E-state index contributed by atoms with van der Waals surface area (Å²) in [7, 11) is 0. The van der Waals surface area contributed by atoms with Gasteiger partial charge in [-0.25, -0.2) is 0 Å². The van der Waals surface area contributed by atoms with E-state index in [0.29, 0.717) is 0 Å². The highest BCUT2D eigenvalue weighted by atomic mass is 16.5. The van der Waals surface area contributed by atoms with Crippen LogP contribution >= 0.6 is 0 Å². The monoisotopic (exact) mass is 252 g/mol. The molecule has 0 bridgehead atoms. The molecule has 0 N–H and O–H groups in total. The van der Waals surface area contributed by atoms with Gasteiger partial charge in [-0.3, -0.25) is 0 Å². The van der Waals surface area contributed by atoms with Crippen LogP contribution < -0.4 is 0 Å². The van der Waals surface area contributed by atoms with Crippen molar-refractivity contribution in [1.82, 2.24) is 9.80 Å². The molecule has 0 saturated carbocycles. The van der Waals surface area contributed by atoms with Gasteiger partial charge in [-0.15, -0.1) is 0 Å². The Morgan fingerprint density at radius 2 is 1.50 bits per heavy atom. The molecular formula is C15H28N2O. The summed E-state index contributed by atoms with van der Waals surface area (Å²) in [6, 6.07) is 0.825. The Hall–Kier alpha value is -0.120. The summed E-state index contributed by atoms with van der Waals surface area (Å²) in [6.45, 7) is 8.74. The van der Waals surface area contributed by atoms with E-state index in [0.717, 1.165) is 25.2 Å². The molecule has 3 fully saturated rings. The summed E-state index contributed by atoms with van der Waals surface area (Å²) in [6.07, 6.45) is 8.23. The smallest absolute Gasteiger partial charge is 0.0480 e. The van der Waals surface area contributed by atoms with Gasteiger partial charge in [-0.05, 0) is 70.6 Å². The van der Waals surface area contributed by atoms with Crippen LogP contribution in [0.15, 0.2) is 0 Å². The predicted octanol–water partition coefficient (Wildman–Crippen LogP) is 1.97. The first kappa shape index (κ1) is 12.9. The minimum Gasteiger partial charge on any atom is -0.381 e. The fourth-order valence-electron chi connectivity index (χ4n) is 3.88. The summed E-state index contributed by atoms with van der Waals surface area (Å²) < 4.78 is 5.47. The molecule has 3 heterocycles. The van der Waals surface area contributed by atoms with Crippen LogP contribution in [0, 0.1) is 5.92 Å². The maximum atomic E-state index is 5.47. The normalized spacial score (nSPS) is 30.0. The lowest BCUT2D eigenvalue weighted by Gasteiger charge is -2.40. The van der Waals surface area contributed by atoms with Crippen molar-refractivity contribution < 1.29 is 4.74 Å². The third kappa shape index (κ3) is 3.25. The van der Waals surface area contributed by atoms with Gasteiger partial charge in [-0.1, -0.05) is 0 Å². The lowest BCUT2D eigenvalue weighted by molar-refractivity contribution is 0.0189. The van der Waals surface area contributed by atoms with Gasteiger partial charge in [0.1, 0.15) is 0 Å². The molecule has 104 valence electrons. The Bertz CT molecular complexity index is 239. The Morgan fingerprint density at radius 1 is 0.833 bits per heavy atom. The fourth-order valence-corrected chi connectivity index (χ4v) is 3.88. The van der Waals surface area contributed by atoms with Crippen LogP contribution in [0.5, 0.6) is 0 Å². The first-order valence-corrected chi connectivity index (χ1v) is 7.96. The zero-order valence-corrected chi connectivity index (χ0v) is 11.6. The van der Waals surface area contributed by atoms with Crippen molar-refractivity contribution >= 4 is 0 Å². The fraction of sp³-hybridized carbons (Fsp3) is 1.00. The quantitative estimate of drug-likeness (QED) is 0.764. The van der Waals surface area contributed by atoms with Crippen molar-refractivity contribution in [3.63, 3.8) is 0 Å². The lowest BCUT2D eigenvalue weighted by Crippen LogP contribution is -2.45. The lowest BCUT2D eigenvalue weighted by atomic mass is 9.94. The van der Waals surface area contributed by atoms with Crippen molar-refractivity contribution in [2.24, 2.45) is 5.92 Å². The van der Waals surface area contributed by atoms with Crippen molar-refractivity contribution in [3.05, 3.63) is 0 Å². The molecule has 0 spiro atoms. The predicted molar refractivity (Wildman–Crippen MR) is 73.8 cm³/mol. The molecule has 3 saturated heterocycles. The van der Waals surface area contributed by atoms with Crippen molar-refractivity contribution in [3.8, 4) is 0 Å². The molecule has 18 heavy (non-hydrogen) atoms. The molecule has 3 nitrogen and oxygen atoms in total. The Balaban J connectivity index is 1.40. The Morgan fingerprint density at radius 3 is 2.17 bits per heavy atom. The number of hydrogen-bond acceptors (Lipinski definition) is 3. The highest BCUT2D eigenvalue weighted by Gasteiger charge is 2.27. The van der Waals surface area contributed by atoms with Crippen LogP contribution in [0.4, 0.5) is 0 Å². The number of rotatable bonds is 3. The molecule has 0 aromatic heterocycles. The van der Waals surface area contributed by atoms with E-state index in [2.05, 4.69) is 9.80 Å². The van der Waals surface area contributed by atoms with Gasteiger partial charge < -0.3 is 14.5 Å². The first-order chi connectivity index (χ1) is 8.92. The number of likely N-dealkylation sites (tertiary alicyclic amines) is 2. The van der Waals surface area contributed by atoms with Crippen LogP contribution in [-0.2, 0) is 4.74 Å². The summed E-state index contributed by atoms with van der Waals surface area (Å²) in [5.74, 6) is 0.971. The molecule has 0 aliphatic carbocycles. The molecular weight excluding hydrogens is 224 g/mol. The van der Waals surface area contributed by atoms with E-state index in [1.165, 1.54) is 71.2 Å². The third-order valence-electron chi connectivity index (χ3n) is 5.07. The van der Waals surface area contributed by atoms with Crippen molar-refractivity contribution in [1.29, 1.82) is 0 Å². The summed E-state index contributed by atoms with van der Waals surface area (Å²) in [5.41, 5.74) is 0. The standard InChI is InChI=1S/C15H28N2O/c1-2-8-16(7-1)13-14-3-9-17(10-4-14)15-5-11-18-12-6-15/h14-15H,1-13H2. The van der Waals surface area contributed by atoms with Crippen LogP contribution in [0.25, 0.3) is 0 Å². The molecule has 3 rings (SSSR count). The maximum Gasteiger partial charge on any atom is 0.0480 e. The molecule has 0 aromatic rings. The SMILES string of the molecule is C1CCN(CC2CCN(C3CCOCC3)CC2)C1. The topological polar surface area (TPSA) is 15.7 Å². The maximum absolute atomic E-state index is 5.47. The molecule has 0 aromatic carbocycles. The third-order valence-corrected chi connectivity index (χ3v) is 5.07. The van der Waals surface area contributed by atoms with E-state index >= 15 is 0 Å². The Kier molecular flexibility index (Phi) is 4.55. The number of hydrogen-bond donors (Lipinski definition) is 0.